The molecule has 0 spiro atoms. The Kier molecular flexibility index (Phi) is 7.74. The van der Waals surface area contributed by atoms with Crippen LogP contribution in [0.15, 0.2) is 83.9 Å². The molecule has 0 fully saturated rings. The predicted octanol–water partition coefficient (Wildman–Crippen LogP) is 3.19. The van der Waals surface area contributed by atoms with Crippen LogP contribution in [0.4, 0.5) is 16.2 Å². The molecule has 2 unspecified atom stereocenters. The highest BCUT2D eigenvalue weighted by Gasteiger charge is 2.41. The first-order chi connectivity index (χ1) is 17.8. The van der Waals surface area contributed by atoms with Crippen LogP contribution >= 0.6 is 11.6 Å². The molecule has 0 bridgehead atoms. The molecular weight excluding hydrogens is 492 g/mol. The zero-order valence-electron chi connectivity index (χ0n) is 20.2. The summed E-state index contributed by atoms with van der Waals surface area (Å²) in [6.07, 6.45) is 0. The molecular formula is C27H27ClN6O3. The van der Waals surface area contributed by atoms with E-state index in [9.17, 15) is 14.4 Å². The van der Waals surface area contributed by atoms with Crippen LogP contribution in [0, 0.1) is 0 Å². The summed E-state index contributed by atoms with van der Waals surface area (Å²) in [4.78, 5) is 46.9. The predicted molar refractivity (Wildman–Crippen MR) is 145 cm³/mol. The summed E-state index contributed by atoms with van der Waals surface area (Å²) in [5.74, 6) is -1.74. The summed E-state index contributed by atoms with van der Waals surface area (Å²) < 4.78 is 0. The van der Waals surface area contributed by atoms with Gasteiger partial charge in [0, 0.05) is 35.6 Å². The Balaban J connectivity index is 1.72. The molecule has 190 valence electrons. The van der Waals surface area contributed by atoms with Crippen LogP contribution in [-0.4, -0.2) is 54.8 Å². The maximum atomic E-state index is 13.8. The second-order valence-corrected chi connectivity index (χ2v) is 9.05. The number of hydrogen-bond donors (Lipinski definition) is 3. The highest BCUT2D eigenvalue weighted by atomic mass is 35.5. The van der Waals surface area contributed by atoms with Gasteiger partial charge in [0.2, 0.25) is 11.8 Å². The van der Waals surface area contributed by atoms with Gasteiger partial charge >= 0.3 is 6.03 Å². The Morgan fingerprint density at radius 3 is 2.16 bits per heavy atom. The van der Waals surface area contributed by atoms with E-state index in [-0.39, 0.29) is 5.69 Å². The van der Waals surface area contributed by atoms with E-state index in [0.717, 1.165) is 29.4 Å². The first-order valence-electron chi connectivity index (χ1n) is 11.6. The molecule has 1 aliphatic heterocycles. The van der Waals surface area contributed by atoms with E-state index in [1.807, 2.05) is 19.2 Å². The van der Waals surface area contributed by atoms with Crippen LogP contribution < -0.4 is 21.7 Å². The number of amides is 4. The van der Waals surface area contributed by atoms with E-state index < -0.39 is 29.8 Å². The van der Waals surface area contributed by atoms with E-state index in [4.69, 9.17) is 23.1 Å². The number of aliphatic imine (C=N–C) groups is 1. The molecule has 10 heteroatoms. The number of nitrogens with one attached hydrogen (secondary N) is 1. The fourth-order valence-electron chi connectivity index (χ4n) is 4.37. The molecule has 3 aromatic rings. The highest BCUT2D eigenvalue weighted by Crippen LogP contribution is 2.30. The maximum absolute atomic E-state index is 13.8. The van der Waals surface area contributed by atoms with E-state index in [1.54, 1.807) is 66.7 Å². The second kappa shape index (κ2) is 11.1. The van der Waals surface area contributed by atoms with E-state index in [0.29, 0.717) is 16.3 Å². The Morgan fingerprint density at radius 1 is 0.973 bits per heavy atom. The summed E-state index contributed by atoms with van der Waals surface area (Å²) in [5, 5.41) is 3.25. The molecule has 0 saturated carbocycles. The average Bonchev–Trinajstić information content (AvgIpc) is 3.31. The second-order valence-electron chi connectivity index (χ2n) is 8.61. The fraction of sp³-hybridized carbons (Fsp3) is 0.185. The zero-order chi connectivity index (χ0) is 26.5. The van der Waals surface area contributed by atoms with Gasteiger partial charge in [-0.2, -0.15) is 0 Å². The monoisotopic (exact) mass is 518 g/mol. The lowest BCUT2D eigenvalue weighted by molar-refractivity contribution is -0.124. The van der Waals surface area contributed by atoms with Crippen molar-refractivity contribution in [3.05, 3.63) is 95.0 Å². The van der Waals surface area contributed by atoms with Gasteiger partial charge in [-0.25, -0.2) is 4.79 Å². The SMILES string of the molecule is CN1CCN=C1c1ccc(NC(=O)C(C(C(N)=O)c2ccccc2)N(C(N)=O)c2ccc(Cl)cc2)cc1. The van der Waals surface area contributed by atoms with Crippen molar-refractivity contribution >= 4 is 46.7 Å². The first-order valence-corrected chi connectivity index (χ1v) is 12.0. The van der Waals surface area contributed by atoms with Gasteiger partial charge in [0.05, 0.1) is 12.5 Å². The molecule has 9 nitrogen and oxygen atoms in total. The molecule has 0 saturated heterocycles. The standard InChI is InChI=1S/C27H27ClN6O3/c1-33-16-15-31-25(33)18-7-11-20(12-8-18)32-26(36)23(22(24(29)35)17-5-3-2-4-6-17)34(27(30)37)21-13-9-19(28)10-14-21/h2-14,22-23H,15-16H2,1H3,(H2,29,35)(H2,30,37)(H,32,36). The van der Waals surface area contributed by atoms with Crippen molar-refractivity contribution < 1.29 is 14.4 Å². The average molecular weight is 519 g/mol. The van der Waals surface area contributed by atoms with Gasteiger partial charge in [0.15, 0.2) is 0 Å². The summed E-state index contributed by atoms with van der Waals surface area (Å²) >= 11 is 6.02. The molecule has 5 N–H and O–H groups in total. The summed E-state index contributed by atoms with van der Waals surface area (Å²) in [7, 11) is 1.97. The number of nitrogens with two attached hydrogens (primary N) is 2. The molecule has 37 heavy (non-hydrogen) atoms. The number of carbonyl (C=O) groups excluding carboxylic acids is 3. The third kappa shape index (κ3) is 5.73. The van der Waals surface area contributed by atoms with Crippen molar-refractivity contribution in [2.75, 3.05) is 30.4 Å². The number of urea groups is 1. The van der Waals surface area contributed by atoms with Gasteiger partial charge in [-0.3, -0.25) is 19.5 Å². The largest absolute Gasteiger partial charge is 0.369 e. The van der Waals surface area contributed by atoms with Crippen LogP contribution in [0.3, 0.4) is 0 Å². The van der Waals surface area contributed by atoms with E-state index in [2.05, 4.69) is 15.2 Å². The number of likely N-dealkylation sites (N-methyl/N-ethyl adjacent to an activating group) is 1. The molecule has 4 amide bonds. The molecule has 0 aromatic heterocycles. The fourth-order valence-corrected chi connectivity index (χ4v) is 4.50. The van der Waals surface area contributed by atoms with Gasteiger partial charge in [0.1, 0.15) is 11.9 Å². The quantitative estimate of drug-likeness (QED) is 0.422. The van der Waals surface area contributed by atoms with Crippen LogP contribution in [-0.2, 0) is 9.59 Å². The van der Waals surface area contributed by atoms with Crippen molar-refractivity contribution in [3.63, 3.8) is 0 Å². The Bertz CT molecular complexity index is 1310. The van der Waals surface area contributed by atoms with Crippen LogP contribution in [0.25, 0.3) is 0 Å². The number of amidine groups is 1. The molecule has 0 radical (unpaired) electrons. The number of halogens is 1. The number of benzene rings is 3. The first kappa shape index (κ1) is 25.7. The van der Waals surface area contributed by atoms with Crippen molar-refractivity contribution in [1.82, 2.24) is 4.90 Å². The normalized spacial score (nSPS) is 14.4. The third-order valence-corrected chi connectivity index (χ3v) is 6.39. The lowest BCUT2D eigenvalue weighted by Crippen LogP contribution is -2.55. The molecule has 0 aliphatic carbocycles. The maximum Gasteiger partial charge on any atom is 0.320 e. The summed E-state index contributed by atoms with van der Waals surface area (Å²) in [6.45, 7) is 1.57. The lowest BCUT2D eigenvalue weighted by atomic mass is 9.88. The Hall–Kier alpha value is -4.37. The molecule has 3 aromatic carbocycles. The summed E-state index contributed by atoms with van der Waals surface area (Å²) in [5.41, 5.74) is 13.7. The molecule has 4 rings (SSSR count). The number of hydrogen-bond acceptors (Lipinski definition) is 5. The van der Waals surface area contributed by atoms with Crippen molar-refractivity contribution in [2.45, 2.75) is 12.0 Å². The number of rotatable bonds is 8. The number of nitrogens with zero attached hydrogens (tertiary/aromatic N) is 3. The summed E-state index contributed by atoms with van der Waals surface area (Å²) in [6, 6.07) is 19.6. The van der Waals surface area contributed by atoms with Crippen LogP contribution in [0.5, 0.6) is 0 Å². The van der Waals surface area contributed by atoms with Crippen molar-refractivity contribution in [2.24, 2.45) is 16.5 Å². The van der Waals surface area contributed by atoms with Crippen LogP contribution in [0.2, 0.25) is 5.02 Å². The van der Waals surface area contributed by atoms with E-state index in [1.165, 1.54) is 0 Å². The van der Waals surface area contributed by atoms with Gasteiger partial charge in [-0.1, -0.05) is 41.9 Å². The van der Waals surface area contributed by atoms with Gasteiger partial charge < -0.3 is 21.7 Å². The molecule has 1 heterocycles. The van der Waals surface area contributed by atoms with Gasteiger partial charge in [0.25, 0.3) is 0 Å². The molecule has 1 aliphatic rings. The smallest absolute Gasteiger partial charge is 0.320 e. The lowest BCUT2D eigenvalue weighted by Gasteiger charge is -2.34. The topological polar surface area (TPSA) is 134 Å². The minimum atomic E-state index is -1.39. The zero-order valence-corrected chi connectivity index (χ0v) is 20.9. The minimum Gasteiger partial charge on any atom is -0.369 e. The Labute approximate surface area is 219 Å². The number of anilines is 2. The number of carbonyl (C=O) groups is 3. The van der Waals surface area contributed by atoms with Gasteiger partial charge in [-0.05, 0) is 54.1 Å². The third-order valence-electron chi connectivity index (χ3n) is 6.14. The van der Waals surface area contributed by atoms with Crippen molar-refractivity contribution in [1.29, 1.82) is 0 Å². The number of primary amides is 2. The van der Waals surface area contributed by atoms with E-state index >= 15 is 0 Å². The highest BCUT2D eigenvalue weighted by molar-refractivity contribution is 6.30. The minimum absolute atomic E-state index is 0.289. The van der Waals surface area contributed by atoms with Crippen LogP contribution in [0.1, 0.15) is 17.0 Å². The van der Waals surface area contributed by atoms with Gasteiger partial charge in [-0.15, -0.1) is 0 Å². The Morgan fingerprint density at radius 2 is 1.62 bits per heavy atom. The van der Waals surface area contributed by atoms with Crippen molar-refractivity contribution in [3.8, 4) is 0 Å². The molecule has 2 atom stereocenters.